The van der Waals surface area contributed by atoms with E-state index in [-0.39, 0.29) is 5.15 Å². The Morgan fingerprint density at radius 1 is 1.47 bits per heavy atom. The van der Waals surface area contributed by atoms with E-state index in [2.05, 4.69) is 10.2 Å². The van der Waals surface area contributed by atoms with Gasteiger partial charge in [0.1, 0.15) is 5.56 Å². The second-order valence-corrected chi connectivity index (χ2v) is 3.72. The molecule has 0 bridgehead atoms. The van der Waals surface area contributed by atoms with Gasteiger partial charge < -0.3 is 4.74 Å². The van der Waals surface area contributed by atoms with Gasteiger partial charge in [-0.15, -0.1) is 5.10 Å². The standard InChI is InChI=1S/C10H11ClN2O2/c1-2-15-10(14)8-6-4-3-5-7(6)12-13-9(8)11/h2-5H2,1H3. The summed E-state index contributed by atoms with van der Waals surface area (Å²) in [4.78, 5) is 11.7. The molecular formula is C10H11ClN2O2. The van der Waals surface area contributed by atoms with E-state index in [1.807, 2.05) is 0 Å². The lowest BCUT2D eigenvalue weighted by Crippen LogP contribution is -2.11. The monoisotopic (exact) mass is 226 g/mol. The van der Waals surface area contributed by atoms with Crippen LogP contribution in [0.1, 0.15) is 35.0 Å². The van der Waals surface area contributed by atoms with Gasteiger partial charge in [0.05, 0.1) is 12.3 Å². The summed E-state index contributed by atoms with van der Waals surface area (Å²) in [5, 5.41) is 7.89. The van der Waals surface area contributed by atoms with Crippen LogP contribution in [-0.4, -0.2) is 22.8 Å². The molecule has 2 rings (SSSR count). The summed E-state index contributed by atoms with van der Waals surface area (Å²) in [6.07, 6.45) is 2.70. The van der Waals surface area contributed by atoms with E-state index < -0.39 is 5.97 Å². The molecule has 0 atom stereocenters. The molecule has 1 heterocycles. The molecule has 5 heteroatoms. The molecule has 0 spiro atoms. The number of halogens is 1. The van der Waals surface area contributed by atoms with Crippen LogP contribution in [0.5, 0.6) is 0 Å². The SMILES string of the molecule is CCOC(=O)c1c(Cl)nnc2c1CCC2. The lowest BCUT2D eigenvalue weighted by Gasteiger charge is -2.07. The van der Waals surface area contributed by atoms with Gasteiger partial charge in [0, 0.05) is 0 Å². The molecule has 0 saturated heterocycles. The minimum Gasteiger partial charge on any atom is -0.462 e. The summed E-state index contributed by atoms with van der Waals surface area (Å²) < 4.78 is 4.94. The van der Waals surface area contributed by atoms with Crippen LogP contribution in [0.15, 0.2) is 0 Å². The highest BCUT2D eigenvalue weighted by Crippen LogP contribution is 2.27. The van der Waals surface area contributed by atoms with Gasteiger partial charge in [-0.2, -0.15) is 5.10 Å². The highest BCUT2D eigenvalue weighted by atomic mass is 35.5. The van der Waals surface area contributed by atoms with Crippen molar-refractivity contribution in [2.24, 2.45) is 0 Å². The molecule has 0 aliphatic heterocycles. The summed E-state index contributed by atoms with van der Waals surface area (Å²) in [5.74, 6) is -0.393. The molecule has 0 unspecified atom stereocenters. The Hall–Kier alpha value is -1.16. The fourth-order valence-corrected chi connectivity index (χ4v) is 2.03. The normalized spacial score (nSPS) is 13.7. The maximum Gasteiger partial charge on any atom is 0.341 e. The third-order valence-electron chi connectivity index (χ3n) is 2.43. The van der Waals surface area contributed by atoms with Crippen molar-refractivity contribution in [1.82, 2.24) is 10.2 Å². The minimum absolute atomic E-state index is 0.147. The number of aromatic nitrogens is 2. The van der Waals surface area contributed by atoms with E-state index in [1.54, 1.807) is 6.92 Å². The topological polar surface area (TPSA) is 52.1 Å². The van der Waals surface area contributed by atoms with E-state index >= 15 is 0 Å². The van der Waals surface area contributed by atoms with Crippen LogP contribution in [0.4, 0.5) is 0 Å². The predicted molar refractivity (Wildman–Crippen MR) is 55.0 cm³/mol. The summed E-state index contributed by atoms with van der Waals surface area (Å²) in [6.45, 7) is 2.10. The second-order valence-electron chi connectivity index (χ2n) is 3.37. The first-order chi connectivity index (χ1) is 7.24. The predicted octanol–water partition coefficient (Wildman–Crippen LogP) is 1.80. The van der Waals surface area contributed by atoms with Crippen molar-refractivity contribution in [3.05, 3.63) is 22.0 Å². The van der Waals surface area contributed by atoms with Crippen molar-refractivity contribution in [1.29, 1.82) is 0 Å². The molecule has 0 fully saturated rings. The van der Waals surface area contributed by atoms with E-state index in [1.165, 1.54) is 0 Å². The Kier molecular flexibility index (Phi) is 2.86. The average Bonchev–Trinajstić information content (AvgIpc) is 2.65. The molecule has 80 valence electrons. The van der Waals surface area contributed by atoms with Gasteiger partial charge in [0.15, 0.2) is 5.15 Å². The number of carbonyl (C=O) groups is 1. The third kappa shape index (κ3) is 1.81. The molecule has 1 aromatic rings. The van der Waals surface area contributed by atoms with E-state index in [9.17, 15) is 4.79 Å². The highest BCUT2D eigenvalue weighted by molar-refractivity contribution is 6.32. The Bertz CT molecular complexity index is 407. The van der Waals surface area contributed by atoms with Crippen LogP contribution < -0.4 is 0 Å². The van der Waals surface area contributed by atoms with Crippen LogP contribution in [0, 0.1) is 0 Å². The molecular weight excluding hydrogens is 216 g/mol. The number of carbonyl (C=O) groups excluding carboxylic acids is 1. The smallest absolute Gasteiger partial charge is 0.341 e. The zero-order valence-electron chi connectivity index (χ0n) is 8.42. The summed E-state index contributed by atoms with van der Waals surface area (Å²) in [5.41, 5.74) is 2.19. The molecule has 0 amide bonds. The van der Waals surface area contributed by atoms with Crippen LogP contribution in [0.25, 0.3) is 0 Å². The van der Waals surface area contributed by atoms with Gasteiger partial charge in [-0.05, 0) is 31.7 Å². The second kappa shape index (κ2) is 4.14. The van der Waals surface area contributed by atoms with Gasteiger partial charge >= 0.3 is 5.97 Å². The zero-order valence-corrected chi connectivity index (χ0v) is 9.17. The number of nitrogens with zero attached hydrogens (tertiary/aromatic N) is 2. The molecule has 0 radical (unpaired) electrons. The molecule has 1 aliphatic rings. The number of rotatable bonds is 2. The van der Waals surface area contributed by atoms with Crippen molar-refractivity contribution < 1.29 is 9.53 Å². The number of hydrogen-bond donors (Lipinski definition) is 0. The molecule has 0 saturated carbocycles. The number of aryl methyl sites for hydroxylation is 1. The van der Waals surface area contributed by atoms with Crippen molar-refractivity contribution in [2.45, 2.75) is 26.2 Å². The Balaban J connectivity index is 2.45. The number of fused-ring (bicyclic) bond motifs is 1. The number of esters is 1. The fourth-order valence-electron chi connectivity index (χ4n) is 1.80. The minimum atomic E-state index is -0.393. The van der Waals surface area contributed by atoms with Gasteiger partial charge in [0.25, 0.3) is 0 Å². The third-order valence-corrected chi connectivity index (χ3v) is 2.70. The summed E-state index contributed by atoms with van der Waals surface area (Å²) in [6, 6.07) is 0. The number of ether oxygens (including phenoxy) is 1. The Morgan fingerprint density at radius 2 is 2.27 bits per heavy atom. The Labute approximate surface area is 92.6 Å². The fraction of sp³-hybridized carbons (Fsp3) is 0.500. The quantitative estimate of drug-likeness (QED) is 0.722. The van der Waals surface area contributed by atoms with Gasteiger partial charge in [-0.1, -0.05) is 11.6 Å². The van der Waals surface area contributed by atoms with Crippen molar-refractivity contribution in [2.75, 3.05) is 6.61 Å². The van der Waals surface area contributed by atoms with Crippen molar-refractivity contribution in [3.63, 3.8) is 0 Å². The van der Waals surface area contributed by atoms with Gasteiger partial charge in [-0.25, -0.2) is 4.79 Å². The molecule has 4 nitrogen and oxygen atoms in total. The van der Waals surface area contributed by atoms with E-state index in [4.69, 9.17) is 16.3 Å². The molecule has 0 N–H and O–H groups in total. The van der Waals surface area contributed by atoms with Crippen LogP contribution in [-0.2, 0) is 17.6 Å². The summed E-state index contributed by atoms with van der Waals surface area (Å²) >= 11 is 5.86. The van der Waals surface area contributed by atoms with E-state index in [0.29, 0.717) is 12.2 Å². The lowest BCUT2D eigenvalue weighted by molar-refractivity contribution is 0.0524. The van der Waals surface area contributed by atoms with Crippen molar-refractivity contribution >= 4 is 17.6 Å². The molecule has 15 heavy (non-hydrogen) atoms. The van der Waals surface area contributed by atoms with E-state index in [0.717, 1.165) is 30.5 Å². The zero-order chi connectivity index (χ0) is 10.8. The first-order valence-electron chi connectivity index (χ1n) is 4.95. The molecule has 0 aromatic carbocycles. The van der Waals surface area contributed by atoms with Crippen LogP contribution in [0.3, 0.4) is 0 Å². The van der Waals surface area contributed by atoms with Gasteiger partial charge in [0.2, 0.25) is 0 Å². The number of hydrogen-bond acceptors (Lipinski definition) is 4. The first-order valence-corrected chi connectivity index (χ1v) is 5.33. The molecule has 1 aliphatic carbocycles. The maximum atomic E-state index is 11.7. The van der Waals surface area contributed by atoms with Crippen LogP contribution >= 0.6 is 11.6 Å². The Morgan fingerprint density at radius 3 is 3.00 bits per heavy atom. The average molecular weight is 227 g/mol. The highest BCUT2D eigenvalue weighted by Gasteiger charge is 2.25. The largest absolute Gasteiger partial charge is 0.462 e. The van der Waals surface area contributed by atoms with Gasteiger partial charge in [-0.3, -0.25) is 0 Å². The maximum absolute atomic E-state index is 11.7. The summed E-state index contributed by atoms with van der Waals surface area (Å²) in [7, 11) is 0. The first kappa shape index (κ1) is 10.4. The van der Waals surface area contributed by atoms with Crippen LogP contribution in [0.2, 0.25) is 5.15 Å². The van der Waals surface area contributed by atoms with Crippen molar-refractivity contribution in [3.8, 4) is 0 Å². The molecule has 1 aromatic heterocycles. The lowest BCUT2D eigenvalue weighted by atomic mass is 10.1.